The van der Waals surface area contributed by atoms with Gasteiger partial charge in [-0.3, -0.25) is 0 Å². The third kappa shape index (κ3) is 4.16. The number of aliphatic hydroxyl groups is 3. The second-order valence-electron chi connectivity index (χ2n) is 4.74. The van der Waals surface area contributed by atoms with Gasteiger partial charge in [0.2, 0.25) is 5.60 Å². The van der Waals surface area contributed by atoms with E-state index in [1.54, 1.807) is 0 Å². The van der Waals surface area contributed by atoms with E-state index in [-0.39, 0.29) is 11.1 Å². The van der Waals surface area contributed by atoms with Crippen molar-refractivity contribution in [2.45, 2.75) is 45.4 Å². The van der Waals surface area contributed by atoms with Crippen LogP contribution in [0.5, 0.6) is 0 Å². The first-order valence-electron chi connectivity index (χ1n) is 5.75. The fourth-order valence-electron chi connectivity index (χ4n) is 1.08. The van der Waals surface area contributed by atoms with Crippen LogP contribution in [0.15, 0.2) is 24.3 Å². The number of hydrogen-bond donors (Lipinski definition) is 3. The highest BCUT2D eigenvalue weighted by atomic mass is 16.7. The molecule has 2 unspecified atom stereocenters. The summed E-state index contributed by atoms with van der Waals surface area (Å²) in [7, 11) is 0. The van der Waals surface area contributed by atoms with Gasteiger partial charge in [0, 0.05) is 11.1 Å². The van der Waals surface area contributed by atoms with Gasteiger partial charge in [-0.15, -0.1) is 0 Å². The molecule has 0 aromatic carbocycles. The Kier molecular flexibility index (Phi) is 5.64. The van der Waals surface area contributed by atoms with Crippen molar-refractivity contribution in [3.63, 3.8) is 0 Å². The van der Waals surface area contributed by atoms with Gasteiger partial charge in [0.15, 0.2) is 0 Å². The van der Waals surface area contributed by atoms with Crippen LogP contribution in [0.3, 0.4) is 0 Å². The lowest BCUT2D eigenvalue weighted by atomic mass is 9.96. The molecule has 0 radical (unpaired) electrons. The molecule has 0 aliphatic carbocycles. The molecule has 0 aliphatic heterocycles. The van der Waals surface area contributed by atoms with Crippen molar-refractivity contribution in [1.29, 1.82) is 0 Å². The highest BCUT2D eigenvalue weighted by Gasteiger charge is 2.55. The first-order valence-corrected chi connectivity index (χ1v) is 5.75. The van der Waals surface area contributed by atoms with E-state index < -0.39 is 29.6 Å². The predicted octanol–water partition coefficient (Wildman–Crippen LogP) is 0.00290. The van der Waals surface area contributed by atoms with Crippen LogP contribution in [0, 0.1) is 0 Å². The summed E-state index contributed by atoms with van der Waals surface area (Å²) in [4.78, 5) is 22.9. The largest absolute Gasteiger partial charge is 0.455 e. The minimum atomic E-state index is -3.42. The van der Waals surface area contributed by atoms with E-state index in [1.807, 2.05) is 0 Å². The van der Waals surface area contributed by atoms with Crippen LogP contribution < -0.4 is 0 Å². The van der Waals surface area contributed by atoms with Crippen molar-refractivity contribution < 1.29 is 34.4 Å². The third-order valence-electron chi connectivity index (χ3n) is 2.73. The van der Waals surface area contributed by atoms with Gasteiger partial charge >= 0.3 is 17.9 Å². The van der Waals surface area contributed by atoms with Crippen LogP contribution in [0.4, 0.5) is 0 Å². The number of hydrogen-bond acceptors (Lipinski definition) is 7. The van der Waals surface area contributed by atoms with Crippen molar-refractivity contribution >= 4 is 11.9 Å². The van der Waals surface area contributed by atoms with Gasteiger partial charge in [-0.25, -0.2) is 9.59 Å². The third-order valence-corrected chi connectivity index (χ3v) is 2.73. The van der Waals surface area contributed by atoms with Crippen LogP contribution in [0.2, 0.25) is 0 Å². The number of ether oxygens (including phenoxy) is 2. The summed E-state index contributed by atoms with van der Waals surface area (Å²) >= 11 is 0. The Hall–Kier alpha value is -1.70. The molecule has 0 saturated heterocycles. The van der Waals surface area contributed by atoms with Crippen molar-refractivity contribution in [1.82, 2.24) is 0 Å². The molecule has 3 N–H and O–H groups in total. The molecule has 7 heteroatoms. The molecule has 0 bridgehead atoms. The van der Waals surface area contributed by atoms with Gasteiger partial charge in [0.1, 0.15) is 6.10 Å². The monoisotopic (exact) mass is 288 g/mol. The maximum Gasteiger partial charge on any atom is 0.334 e. The molecular formula is C13H20O7. The summed E-state index contributed by atoms with van der Waals surface area (Å²) < 4.78 is 9.67. The zero-order valence-corrected chi connectivity index (χ0v) is 12.0. The van der Waals surface area contributed by atoms with Crippen molar-refractivity contribution in [2.75, 3.05) is 0 Å². The standard InChI is InChI=1S/C13H20O7/c1-7(2)10(14)19-9(5)12(6,13(16,17)18)20-11(15)8(3)4/h9,16-18H,1,3H2,2,4-6H3. The molecule has 0 amide bonds. The Morgan fingerprint density at radius 1 is 1.05 bits per heavy atom. The lowest BCUT2D eigenvalue weighted by Crippen LogP contribution is -2.62. The second-order valence-corrected chi connectivity index (χ2v) is 4.74. The summed E-state index contributed by atoms with van der Waals surface area (Å²) in [6, 6.07) is 0. The van der Waals surface area contributed by atoms with Gasteiger partial charge < -0.3 is 24.8 Å². The van der Waals surface area contributed by atoms with Gasteiger partial charge in [0.05, 0.1) is 0 Å². The topological polar surface area (TPSA) is 113 Å². The van der Waals surface area contributed by atoms with Gasteiger partial charge in [-0.1, -0.05) is 13.2 Å². The first kappa shape index (κ1) is 18.3. The smallest absolute Gasteiger partial charge is 0.334 e. The van der Waals surface area contributed by atoms with Gasteiger partial charge in [-0.2, -0.15) is 0 Å². The van der Waals surface area contributed by atoms with Crippen LogP contribution >= 0.6 is 0 Å². The van der Waals surface area contributed by atoms with E-state index in [9.17, 15) is 24.9 Å². The average Bonchev–Trinajstić information content (AvgIpc) is 2.26. The molecule has 0 aromatic rings. The van der Waals surface area contributed by atoms with Crippen LogP contribution in [-0.4, -0.2) is 44.9 Å². The SMILES string of the molecule is C=C(C)C(=O)OC(C)C(C)(OC(=O)C(=C)C)C(O)(O)O. The Labute approximate surface area is 117 Å². The molecule has 0 spiro atoms. The molecule has 0 aliphatic rings. The molecule has 0 fully saturated rings. The van der Waals surface area contributed by atoms with Crippen molar-refractivity contribution in [3.8, 4) is 0 Å². The summed E-state index contributed by atoms with van der Waals surface area (Å²) in [6.07, 6.45) is -1.37. The first-order chi connectivity index (χ1) is 8.83. The van der Waals surface area contributed by atoms with Crippen LogP contribution in [0.1, 0.15) is 27.7 Å². The lowest BCUT2D eigenvalue weighted by Gasteiger charge is -2.39. The minimum Gasteiger partial charge on any atom is -0.455 e. The van der Waals surface area contributed by atoms with E-state index in [1.165, 1.54) is 20.8 Å². The average molecular weight is 288 g/mol. The number of esters is 2. The highest BCUT2D eigenvalue weighted by molar-refractivity contribution is 5.88. The zero-order chi connectivity index (χ0) is 16.3. The molecule has 0 saturated carbocycles. The van der Waals surface area contributed by atoms with Crippen LogP contribution in [-0.2, 0) is 19.1 Å². The Balaban J connectivity index is 5.34. The summed E-state index contributed by atoms with van der Waals surface area (Å²) in [5.74, 6) is -5.24. The zero-order valence-electron chi connectivity index (χ0n) is 12.0. The fraction of sp³-hybridized carbons (Fsp3) is 0.538. The Morgan fingerprint density at radius 2 is 1.45 bits per heavy atom. The van der Waals surface area contributed by atoms with E-state index in [0.29, 0.717) is 0 Å². The Morgan fingerprint density at radius 3 is 1.75 bits per heavy atom. The molecule has 20 heavy (non-hydrogen) atoms. The maximum absolute atomic E-state index is 11.5. The lowest BCUT2D eigenvalue weighted by molar-refractivity contribution is -0.399. The van der Waals surface area contributed by atoms with Gasteiger partial charge in [-0.05, 0) is 27.7 Å². The molecule has 7 nitrogen and oxygen atoms in total. The molecule has 114 valence electrons. The van der Waals surface area contributed by atoms with Gasteiger partial charge in [0.25, 0.3) is 0 Å². The summed E-state index contributed by atoms with van der Waals surface area (Å²) in [5.41, 5.74) is -2.28. The molecular weight excluding hydrogens is 268 g/mol. The molecule has 0 heterocycles. The number of carbonyl (C=O) groups is 2. The summed E-state index contributed by atoms with van der Waals surface area (Å²) in [6.45, 7) is 11.6. The minimum absolute atomic E-state index is 0.0288. The van der Waals surface area contributed by atoms with E-state index in [0.717, 1.165) is 6.92 Å². The fourth-order valence-corrected chi connectivity index (χ4v) is 1.08. The highest BCUT2D eigenvalue weighted by Crippen LogP contribution is 2.29. The van der Waals surface area contributed by atoms with E-state index in [2.05, 4.69) is 13.2 Å². The van der Waals surface area contributed by atoms with E-state index in [4.69, 9.17) is 9.47 Å². The second kappa shape index (κ2) is 6.17. The normalized spacial score (nSPS) is 15.8. The number of carbonyl (C=O) groups excluding carboxylic acids is 2. The van der Waals surface area contributed by atoms with Crippen LogP contribution in [0.25, 0.3) is 0 Å². The Bertz CT molecular complexity index is 432. The summed E-state index contributed by atoms with van der Waals surface area (Å²) in [5, 5.41) is 28.1. The number of rotatable bonds is 6. The van der Waals surface area contributed by atoms with E-state index >= 15 is 0 Å². The predicted molar refractivity (Wildman–Crippen MR) is 69.1 cm³/mol. The van der Waals surface area contributed by atoms with Crippen molar-refractivity contribution in [2.24, 2.45) is 0 Å². The quantitative estimate of drug-likeness (QED) is 0.358. The van der Waals surface area contributed by atoms with Crippen molar-refractivity contribution in [3.05, 3.63) is 24.3 Å². The molecule has 0 rings (SSSR count). The molecule has 2 atom stereocenters. The maximum atomic E-state index is 11.5. The molecule has 0 aromatic heterocycles.